The molecule has 2 rings (SSSR count). The fourth-order valence-corrected chi connectivity index (χ4v) is 2.02. The zero-order valence-corrected chi connectivity index (χ0v) is 12.5. The van der Waals surface area contributed by atoms with Gasteiger partial charge in [-0.05, 0) is 24.6 Å². The quantitative estimate of drug-likeness (QED) is 0.851. The first-order chi connectivity index (χ1) is 10.6. The summed E-state index contributed by atoms with van der Waals surface area (Å²) >= 11 is 0. The van der Waals surface area contributed by atoms with Gasteiger partial charge in [-0.1, -0.05) is 36.4 Å². The lowest BCUT2D eigenvalue weighted by Gasteiger charge is -2.13. The minimum Gasteiger partial charge on any atom is -0.347 e. The summed E-state index contributed by atoms with van der Waals surface area (Å²) < 4.78 is 0. The van der Waals surface area contributed by atoms with Gasteiger partial charge in [-0.2, -0.15) is 0 Å². The Morgan fingerprint density at radius 1 is 1.05 bits per heavy atom. The van der Waals surface area contributed by atoms with Gasteiger partial charge in [-0.3, -0.25) is 14.6 Å². The first-order valence-corrected chi connectivity index (χ1v) is 7.16. The molecule has 1 atom stereocenters. The van der Waals surface area contributed by atoms with Gasteiger partial charge in [0.25, 0.3) is 0 Å². The van der Waals surface area contributed by atoms with Crippen LogP contribution in [0.2, 0.25) is 0 Å². The number of hydrogen-bond acceptors (Lipinski definition) is 3. The highest BCUT2D eigenvalue weighted by atomic mass is 16.2. The number of rotatable bonds is 6. The number of nitrogens with zero attached hydrogens (tertiary/aromatic N) is 1. The molecular formula is C17H19N3O2. The zero-order chi connectivity index (χ0) is 15.8. The van der Waals surface area contributed by atoms with Crippen molar-refractivity contribution in [1.29, 1.82) is 0 Å². The van der Waals surface area contributed by atoms with Crippen LogP contribution < -0.4 is 10.6 Å². The zero-order valence-electron chi connectivity index (χ0n) is 12.5. The standard InChI is InChI=1S/C17H19N3O2/c1-13(15-9-5-6-10-18-15)20-17(22)12-19-16(21)11-14-7-3-2-4-8-14/h2-10,13H,11-12H2,1H3,(H,19,21)(H,20,22)/t13-/m1/s1. The Bertz CT molecular complexity index is 614. The molecule has 2 aromatic rings. The van der Waals surface area contributed by atoms with Crippen molar-refractivity contribution < 1.29 is 9.59 Å². The molecule has 2 amide bonds. The number of amides is 2. The summed E-state index contributed by atoms with van der Waals surface area (Å²) in [4.78, 5) is 27.8. The lowest BCUT2D eigenvalue weighted by molar-refractivity contribution is -0.126. The summed E-state index contributed by atoms with van der Waals surface area (Å²) in [6.07, 6.45) is 1.95. The van der Waals surface area contributed by atoms with Crippen LogP contribution in [0.1, 0.15) is 24.2 Å². The number of aromatic nitrogens is 1. The molecule has 0 bridgehead atoms. The Balaban J connectivity index is 1.74. The molecule has 0 fully saturated rings. The molecule has 0 aliphatic carbocycles. The fourth-order valence-electron chi connectivity index (χ4n) is 2.02. The minimum absolute atomic E-state index is 0.0388. The van der Waals surface area contributed by atoms with Gasteiger partial charge in [0.1, 0.15) is 0 Å². The molecular weight excluding hydrogens is 278 g/mol. The Kier molecular flexibility index (Phi) is 5.65. The SMILES string of the molecule is C[C@@H](NC(=O)CNC(=O)Cc1ccccc1)c1ccccn1. The first-order valence-electron chi connectivity index (χ1n) is 7.16. The topological polar surface area (TPSA) is 71.1 Å². The predicted octanol–water partition coefficient (Wildman–Crippen LogP) is 1.62. The predicted molar refractivity (Wildman–Crippen MR) is 84.0 cm³/mol. The summed E-state index contributed by atoms with van der Waals surface area (Å²) in [6, 6.07) is 14.8. The van der Waals surface area contributed by atoms with E-state index in [-0.39, 0.29) is 30.8 Å². The van der Waals surface area contributed by atoms with E-state index in [9.17, 15) is 9.59 Å². The van der Waals surface area contributed by atoms with Crippen LogP contribution in [-0.4, -0.2) is 23.3 Å². The molecule has 0 radical (unpaired) electrons. The molecule has 5 nitrogen and oxygen atoms in total. The highest BCUT2D eigenvalue weighted by Crippen LogP contribution is 2.07. The second kappa shape index (κ2) is 7.93. The largest absolute Gasteiger partial charge is 0.347 e. The average molecular weight is 297 g/mol. The Morgan fingerprint density at radius 3 is 2.45 bits per heavy atom. The summed E-state index contributed by atoms with van der Waals surface area (Å²) in [7, 11) is 0. The van der Waals surface area contributed by atoms with Crippen LogP contribution in [0.5, 0.6) is 0 Å². The smallest absolute Gasteiger partial charge is 0.239 e. The van der Waals surface area contributed by atoms with Crippen molar-refractivity contribution in [1.82, 2.24) is 15.6 Å². The van der Waals surface area contributed by atoms with Crippen LogP contribution >= 0.6 is 0 Å². The van der Waals surface area contributed by atoms with Crippen LogP contribution in [-0.2, 0) is 16.0 Å². The maximum absolute atomic E-state index is 11.8. The van der Waals surface area contributed by atoms with Crippen LogP contribution in [0.25, 0.3) is 0 Å². The number of benzene rings is 1. The molecule has 0 saturated heterocycles. The number of hydrogen-bond donors (Lipinski definition) is 2. The second-order valence-corrected chi connectivity index (χ2v) is 4.98. The van der Waals surface area contributed by atoms with E-state index in [0.717, 1.165) is 11.3 Å². The van der Waals surface area contributed by atoms with E-state index in [4.69, 9.17) is 0 Å². The molecule has 0 spiro atoms. The van der Waals surface area contributed by atoms with E-state index in [1.807, 2.05) is 55.5 Å². The normalized spacial score (nSPS) is 11.5. The van der Waals surface area contributed by atoms with E-state index < -0.39 is 0 Å². The fraction of sp³-hybridized carbons (Fsp3) is 0.235. The Labute approximate surface area is 129 Å². The van der Waals surface area contributed by atoms with Gasteiger partial charge in [0.2, 0.25) is 11.8 Å². The Morgan fingerprint density at radius 2 is 1.77 bits per heavy atom. The molecule has 22 heavy (non-hydrogen) atoms. The van der Waals surface area contributed by atoms with Crippen molar-refractivity contribution in [3.63, 3.8) is 0 Å². The molecule has 0 saturated carbocycles. The van der Waals surface area contributed by atoms with Crippen molar-refractivity contribution in [2.24, 2.45) is 0 Å². The van der Waals surface area contributed by atoms with Crippen LogP contribution in [0.4, 0.5) is 0 Å². The molecule has 2 N–H and O–H groups in total. The van der Waals surface area contributed by atoms with E-state index in [0.29, 0.717) is 0 Å². The van der Waals surface area contributed by atoms with Gasteiger partial charge < -0.3 is 10.6 Å². The summed E-state index contributed by atoms with van der Waals surface area (Å²) in [5.41, 5.74) is 1.70. The van der Waals surface area contributed by atoms with E-state index in [2.05, 4.69) is 15.6 Å². The summed E-state index contributed by atoms with van der Waals surface area (Å²) in [5.74, 6) is -0.411. The number of carbonyl (C=O) groups is 2. The first kappa shape index (κ1) is 15.7. The minimum atomic E-state index is -0.237. The molecule has 1 heterocycles. The molecule has 5 heteroatoms. The molecule has 0 aliphatic heterocycles. The molecule has 0 aliphatic rings. The van der Waals surface area contributed by atoms with Gasteiger partial charge in [0, 0.05) is 6.20 Å². The molecule has 1 aromatic heterocycles. The number of nitrogens with one attached hydrogen (secondary N) is 2. The maximum Gasteiger partial charge on any atom is 0.239 e. The lowest BCUT2D eigenvalue weighted by Crippen LogP contribution is -2.38. The third-order valence-corrected chi connectivity index (χ3v) is 3.16. The monoisotopic (exact) mass is 297 g/mol. The van der Waals surface area contributed by atoms with Crippen molar-refractivity contribution in [3.8, 4) is 0 Å². The van der Waals surface area contributed by atoms with Crippen molar-refractivity contribution in [2.75, 3.05) is 6.54 Å². The lowest BCUT2D eigenvalue weighted by atomic mass is 10.1. The highest BCUT2D eigenvalue weighted by molar-refractivity contribution is 5.85. The number of pyridine rings is 1. The third-order valence-electron chi connectivity index (χ3n) is 3.16. The van der Waals surface area contributed by atoms with Crippen LogP contribution in [0.3, 0.4) is 0 Å². The van der Waals surface area contributed by atoms with Crippen LogP contribution in [0.15, 0.2) is 54.7 Å². The van der Waals surface area contributed by atoms with Gasteiger partial charge in [-0.15, -0.1) is 0 Å². The van der Waals surface area contributed by atoms with Gasteiger partial charge in [-0.25, -0.2) is 0 Å². The molecule has 1 aromatic carbocycles. The van der Waals surface area contributed by atoms with E-state index in [1.54, 1.807) is 6.20 Å². The summed E-state index contributed by atoms with van der Waals surface area (Å²) in [6.45, 7) is 1.81. The maximum atomic E-state index is 11.8. The molecule has 0 unspecified atom stereocenters. The van der Waals surface area contributed by atoms with E-state index >= 15 is 0 Å². The van der Waals surface area contributed by atoms with Gasteiger partial charge in [0.15, 0.2) is 0 Å². The van der Waals surface area contributed by atoms with Crippen molar-refractivity contribution in [3.05, 3.63) is 66.0 Å². The summed E-state index contributed by atoms with van der Waals surface area (Å²) in [5, 5.41) is 5.42. The molecule has 114 valence electrons. The Hall–Kier alpha value is -2.69. The highest BCUT2D eigenvalue weighted by Gasteiger charge is 2.11. The second-order valence-electron chi connectivity index (χ2n) is 4.98. The van der Waals surface area contributed by atoms with Crippen molar-refractivity contribution >= 4 is 11.8 Å². The van der Waals surface area contributed by atoms with Crippen molar-refractivity contribution in [2.45, 2.75) is 19.4 Å². The van der Waals surface area contributed by atoms with Gasteiger partial charge in [0.05, 0.1) is 24.7 Å². The average Bonchev–Trinajstić information content (AvgIpc) is 2.55. The number of carbonyl (C=O) groups excluding carboxylic acids is 2. The van der Waals surface area contributed by atoms with Crippen LogP contribution in [0, 0.1) is 0 Å². The van der Waals surface area contributed by atoms with Gasteiger partial charge >= 0.3 is 0 Å². The van der Waals surface area contributed by atoms with E-state index in [1.165, 1.54) is 0 Å². The third kappa shape index (κ3) is 5.01.